The zero-order chi connectivity index (χ0) is 17.9. The Kier molecular flexibility index (Phi) is 5.23. The molecule has 0 fully saturated rings. The Morgan fingerprint density at radius 2 is 2.04 bits per heavy atom. The van der Waals surface area contributed by atoms with Gasteiger partial charge in [0, 0.05) is 32.3 Å². The van der Waals surface area contributed by atoms with Crippen LogP contribution in [0.1, 0.15) is 12.5 Å². The summed E-state index contributed by atoms with van der Waals surface area (Å²) in [7, 11) is 3.31. The number of aliphatic carboxylic acids is 1. The van der Waals surface area contributed by atoms with E-state index in [0.717, 1.165) is 16.8 Å². The molecule has 0 radical (unpaired) electrons. The fourth-order valence-electron chi connectivity index (χ4n) is 2.35. The maximum absolute atomic E-state index is 12.2. The molecule has 0 aliphatic rings. The second-order valence-corrected chi connectivity index (χ2v) is 5.90. The summed E-state index contributed by atoms with van der Waals surface area (Å²) in [6.45, 7) is 3.69. The van der Waals surface area contributed by atoms with Crippen molar-refractivity contribution in [3.05, 3.63) is 35.9 Å². The molecule has 24 heavy (non-hydrogen) atoms. The van der Waals surface area contributed by atoms with Crippen LogP contribution in [0.15, 0.2) is 30.3 Å². The van der Waals surface area contributed by atoms with Crippen LogP contribution in [0.5, 0.6) is 0 Å². The number of urea groups is 1. The van der Waals surface area contributed by atoms with E-state index in [-0.39, 0.29) is 12.6 Å². The third-order valence-electron chi connectivity index (χ3n) is 3.85. The smallest absolute Gasteiger partial charge is 0.322 e. The van der Waals surface area contributed by atoms with Gasteiger partial charge in [-0.25, -0.2) is 4.79 Å². The van der Waals surface area contributed by atoms with Crippen LogP contribution in [0, 0.1) is 12.8 Å². The van der Waals surface area contributed by atoms with Crippen molar-refractivity contribution in [2.75, 3.05) is 18.9 Å². The highest BCUT2D eigenvalue weighted by molar-refractivity contribution is 5.89. The van der Waals surface area contributed by atoms with Crippen LogP contribution in [0.2, 0.25) is 0 Å². The van der Waals surface area contributed by atoms with Gasteiger partial charge in [-0.05, 0) is 12.5 Å². The van der Waals surface area contributed by atoms with E-state index in [2.05, 4.69) is 10.4 Å². The molecule has 1 atom stereocenters. The number of aromatic nitrogens is 2. The Hall–Kier alpha value is -2.83. The summed E-state index contributed by atoms with van der Waals surface area (Å²) >= 11 is 0. The van der Waals surface area contributed by atoms with Gasteiger partial charge in [0.25, 0.3) is 0 Å². The average molecular weight is 330 g/mol. The van der Waals surface area contributed by atoms with Crippen LogP contribution in [0.3, 0.4) is 0 Å². The minimum absolute atomic E-state index is 0.129. The number of carboxylic acid groups (broad SMARTS) is 1. The van der Waals surface area contributed by atoms with Crippen molar-refractivity contribution in [3.63, 3.8) is 0 Å². The first-order valence-electron chi connectivity index (χ1n) is 7.64. The zero-order valence-corrected chi connectivity index (χ0v) is 14.3. The SMILES string of the molecule is Cc1ccccc1-c1cc(NC(=O)N(C)CC(C)C(=O)O)n(C)n1. The van der Waals surface area contributed by atoms with E-state index in [1.807, 2.05) is 31.2 Å². The lowest BCUT2D eigenvalue weighted by Crippen LogP contribution is -2.37. The van der Waals surface area contributed by atoms with Crippen molar-refractivity contribution in [1.29, 1.82) is 0 Å². The molecule has 7 nitrogen and oxygen atoms in total. The topological polar surface area (TPSA) is 87.5 Å². The fourth-order valence-corrected chi connectivity index (χ4v) is 2.35. The lowest BCUT2D eigenvalue weighted by molar-refractivity contribution is -0.141. The van der Waals surface area contributed by atoms with Gasteiger partial charge in [0.05, 0.1) is 11.6 Å². The predicted octanol–water partition coefficient (Wildman–Crippen LogP) is 2.58. The molecule has 7 heteroatoms. The van der Waals surface area contributed by atoms with Crippen molar-refractivity contribution < 1.29 is 14.7 Å². The van der Waals surface area contributed by atoms with Gasteiger partial charge in [-0.2, -0.15) is 5.10 Å². The molecule has 1 aromatic carbocycles. The average Bonchev–Trinajstić information content (AvgIpc) is 2.88. The van der Waals surface area contributed by atoms with Gasteiger partial charge in [-0.1, -0.05) is 31.2 Å². The molecule has 2 N–H and O–H groups in total. The van der Waals surface area contributed by atoms with Crippen LogP contribution >= 0.6 is 0 Å². The molecule has 2 amide bonds. The van der Waals surface area contributed by atoms with Gasteiger partial charge in [-0.15, -0.1) is 0 Å². The highest BCUT2D eigenvalue weighted by atomic mass is 16.4. The number of aryl methyl sites for hydroxylation is 2. The minimum Gasteiger partial charge on any atom is -0.481 e. The van der Waals surface area contributed by atoms with Crippen LogP contribution in [0.25, 0.3) is 11.3 Å². The normalized spacial score (nSPS) is 11.8. The first-order chi connectivity index (χ1) is 11.3. The molecule has 1 aromatic heterocycles. The molecular weight excluding hydrogens is 308 g/mol. The van der Waals surface area contributed by atoms with Gasteiger partial charge in [0.1, 0.15) is 5.82 Å². The molecule has 0 aliphatic heterocycles. The Balaban J connectivity index is 2.12. The zero-order valence-electron chi connectivity index (χ0n) is 14.3. The van der Waals surface area contributed by atoms with E-state index in [1.54, 1.807) is 31.8 Å². The summed E-state index contributed by atoms with van der Waals surface area (Å²) in [5, 5.41) is 16.1. The highest BCUT2D eigenvalue weighted by Gasteiger charge is 2.19. The molecule has 1 heterocycles. The molecule has 0 aliphatic carbocycles. The standard InChI is InChI=1S/C17H22N4O3/c1-11-7-5-6-8-13(11)14-9-15(21(4)19-14)18-17(24)20(3)10-12(2)16(22)23/h5-9,12H,10H2,1-4H3,(H,18,24)(H,22,23). The van der Waals surface area contributed by atoms with E-state index in [9.17, 15) is 9.59 Å². The van der Waals surface area contributed by atoms with Crippen molar-refractivity contribution >= 4 is 17.8 Å². The Morgan fingerprint density at radius 1 is 1.38 bits per heavy atom. The number of amides is 2. The number of carbonyl (C=O) groups excluding carboxylic acids is 1. The molecule has 1 unspecified atom stereocenters. The van der Waals surface area contributed by atoms with E-state index < -0.39 is 11.9 Å². The molecule has 0 saturated carbocycles. The van der Waals surface area contributed by atoms with Gasteiger partial charge in [0.15, 0.2) is 0 Å². The van der Waals surface area contributed by atoms with Crippen molar-refractivity contribution in [1.82, 2.24) is 14.7 Å². The second-order valence-electron chi connectivity index (χ2n) is 5.90. The number of rotatable bonds is 5. The summed E-state index contributed by atoms with van der Waals surface area (Å²) in [5.74, 6) is -1.01. The maximum Gasteiger partial charge on any atom is 0.322 e. The first-order valence-corrected chi connectivity index (χ1v) is 7.64. The summed E-state index contributed by atoms with van der Waals surface area (Å²) in [6, 6.07) is 9.31. The van der Waals surface area contributed by atoms with E-state index in [0.29, 0.717) is 5.82 Å². The van der Waals surface area contributed by atoms with Gasteiger partial charge >= 0.3 is 12.0 Å². The first kappa shape index (κ1) is 17.5. The third-order valence-corrected chi connectivity index (χ3v) is 3.85. The lowest BCUT2D eigenvalue weighted by atomic mass is 10.1. The number of carboxylic acids is 1. The molecule has 0 saturated heterocycles. The second kappa shape index (κ2) is 7.16. The fraction of sp³-hybridized carbons (Fsp3) is 0.353. The van der Waals surface area contributed by atoms with E-state index in [1.165, 1.54) is 4.90 Å². The van der Waals surface area contributed by atoms with Gasteiger partial charge < -0.3 is 10.0 Å². The number of anilines is 1. The number of nitrogens with zero attached hydrogens (tertiary/aromatic N) is 3. The molecule has 2 aromatic rings. The monoisotopic (exact) mass is 330 g/mol. The highest BCUT2D eigenvalue weighted by Crippen LogP contribution is 2.24. The number of nitrogens with one attached hydrogen (secondary N) is 1. The Morgan fingerprint density at radius 3 is 2.67 bits per heavy atom. The van der Waals surface area contributed by atoms with Crippen LogP contribution in [0.4, 0.5) is 10.6 Å². The number of hydrogen-bond donors (Lipinski definition) is 2. The quantitative estimate of drug-likeness (QED) is 0.882. The van der Waals surface area contributed by atoms with Gasteiger partial charge in [-0.3, -0.25) is 14.8 Å². The summed E-state index contributed by atoms with van der Waals surface area (Å²) in [4.78, 5) is 24.5. The Bertz CT molecular complexity index is 754. The predicted molar refractivity (Wildman–Crippen MR) is 91.8 cm³/mol. The number of benzene rings is 1. The van der Waals surface area contributed by atoms with Crippen molar-refractivity contribution in [3.8, 4) is 11.3 Å². The van der Waals surface area contributed by atoms with Crippen LogP contribution < -0.4 is 5.32 Å². The lowest BCUT2D eigenvalue weighted by Gasteiger charge is -2.19. The molecular formula is C17H22N4O3. The maximum atomic E-state index is 12.2. The Labute approximate surface area is 140 Å². The number of carbonyl (C=O) groups is 2. The van der Waals surface area contributed by atoms with Crippen molar-refractivity contribution in [2.45, 2.75) is 13.8 Å². The van der Waals surface area contributed by atoms with Crippen LogP contribution in [-0.4, -0.2) is 45.4 Å². The van der Waals surface area contributed by atoms with Crippen molar-refractivity contribution in [2.24, 2.45) is 13.0 Å². The summed E-state index contributed by atoms with van der Waals surface area (Å²) in [6.07, 6.45) is 0. The summed E-state index contributed by atoms with van der Waals surface area (Å²) < 4.78 is 1.59. The largest absolute Gasteiger partial charge is 0.481 e. The van der Waals surface area contributed by atoms with E-state index >= 15 is 0 Å². The molecule has 2 rings (SSSR count). The minimum atomic E-state index is -0.933. The van der Waals surface area contributed by atoms with E-state index in [4.69, 9.17) is 5.11 Å². The van der Waals surface area contributed by atoms with Crippen LogP contribution in [-0.2, 0) is 11.8 Å². The summed E-state index contributed by atoms with van der Waals surface area (Å²) in [5.41, 5.74) is 2.87. The van der Waals surface area contributed by atoms with Gasteiger partial charge in [0.2, 0.25) is 0 Å². The molecule has 128 valence electrons. The third kappa shape index (κ3) is 3.92. The number of hydrogen-bond acceptors (Lipinski definition) is 3. The molecule has 0 spiro atoms. The molecule has 0 bridgehead atoms.